The molecule has 1 aliphatic carbocycles. The van der Waals surface area contributed by atoms with Crippen molar-refractivity contribution in [2.75, 3.05) is 11.1 Å². The van der Waals surface area contributed by atoms with Crippen LogP contribution in [0.15, 0.2) is 35.2 Å². The van der Waals surface area contributed by atoms with Crippen molar-refractivity contribution in [3.05, 3.63) is 40.9 Å². The molecule has 1 aliphatic rings. The van der Waals surface area contributed by atoms with Crippen molar-refractivity contribution in [2.45, 2.75) is 31.1 Å². The zero-order valence-electron chi connectivity index (χ0n) is 12.0. The lowest BCUT2D eigenvalue weighted by Crippen LogP contribution is -2.13. The molecule has 1 N–H and O–H groups in total. The van der Waals surface area contributed by atoms with Crippen molar-refractivity contribution in [3.63, 3.8) is 0 Å². The van der Waals surface area contributed by atoms with Gasteiger partial charge in [-0.05, 0) is 37.3 Å². The summed E-state index contributed by atoms with van der Waals surface area (Å²) in [5.74, 6) is 1.17. The highest BCUT2D eigenvalue weighted by molar-refractivity contribution is 8.00. The summed E-state index contributed by atoms with van der Waals surface area (Å²) in [6.45, 7) is 2.28. The van der Waals surface area contributed by atoms with Crippen LogP contribution in [-0.2, 0) is 17.6 Å². The molecule has 5 heteroatoms. The van der Waals surface area contributed by atoms with E-state index in [4.69, 9.17) is 0 Å². The number of hydrogen-bond donors (Lipinski definition) is 1. The Bertz CT molecular complexity index is 624. The number of aromatic nitrogens is 1. The molecule has 110 valence electrons. The molecular weight excluding hydrogens is 300 g/mol. The largest absolute Gasteiger partial charge is 0.301 e. The van der Waals surface area contributed by atoms with Gasteiger partial charge in [-0.1, -0.05) is 25.1 Å². The highest BCUT2D eigenvalue weighted by Gasteiger charge is 2.20. The van der Waals surface area contributed by atoms with Crippen LogP contribution < -0.4 is 5.32 Å². The molecule has 0 saturated heterocycles. The fourth-order valence-corrected chi connectivity index (χ4v) is 4.32. The second kappa shape index (κ2) is 6.62. The van der Waals surface area contributed by atoms with Gasteiger partial charge in [0, 0.05) is 9.77 Å². The number of benzene rings is 1. The van der Waals surface area contributed by atoms with Gasteiger partial charge in [0.1, 0.15) is 0 Å². The van der Waals surface area contributed by atoms with Crippen LogP contribution in [0.1, 0.15) is 23.9 Å². The zero-order chi connectivity index (χ0) is 14.7. The van der Waals surface area contributed by atoms with E-state index in [-0.39, 0.29) is 5.91 Å². The van der Waals surface area contributed by atoms with Gasteiger partial charge in [0.05, 0.1) is 11.4 Å². The first kappa shape index (κ1) is 14.6. The fraction of sp³-hybridized carbons (Fsp3) is 0.375. The van der Waals surface area contributed by atoms with Gasteiger partial charge in [0.15, 0.2) is 5.13 Å². The van der Waals surface area contributed by atoms with Crippen molar-refractivity contribution in [1.82, 2.24) is 4.98 Å². The van der Waals surface area contributed by atoms with Crippen LogP contribution in [-0.4, -0.2) is 16.6 Å². The van der Waals surface area contributed by atoms with Crippen LogP contribution in [0.2, 0.25) is 0 Å². The molecule has 1 aromatic heterocycles. The van der Waals surface area contributed by atoms with E-state index in [0.29, 0.717) is 5.75 Å². The number of thioether (sulfide) groups is 1. The number of aryl methyl sites for hydroxylation is 1. The van der Waals surface area contributed by atoms with Gasteiger partial charge in [-0.25, -0.2) is 4.98 Å². The number of carbonyl (C=O) groups excluding carboxylic acids is 1. The van der Waals surface area contributed by atoms with E-state index >= 15 is 0 Å². The monoisotopic (exact) mass is 318 g/mol. The number of carbonyl (C=O) groups is 1. The molecule has 0 radical (unpaired) electrons. The summed E-state index contributed by atoms with van der Waals surface area (Å²) in [5.41, 5.74) is 1.18. The third kappa shape index (κ3) is 3.86. The topological polar surface area (TPSA) is 42.0 Å². The Hall–Kier alpha value is -1.33. The average Bonchev–Trinajstić information content (AvgIpc) is 2.87. The van der Waals surface area contributed by atoms with Crippen molar-refractivity contribution >= 4 is 34.1 Å². The van der Waals surface area contributed by atoms with Crippen LogP contribution >= 0.6 is 23.1 Å². The Morgan fingerprint density at radius 2 is 2.24 bits per heavy atom. The number of rotatable bonds is 4. The molecule has 1 heterocycles. The quantitative estimate of drug-likeness (QED) is 0.866. The van der Waals surface area contributed by atoms with Gasteiger partial charge in [-0.2, -0.15) is 0 Å². The van der Waals surface area contributed by atoms with E-state index in [1.807, 2.05) is 30.3 Å². The maximum Gasteiger partial charge on any atom is 0.236 e. The van der Waals surface area contributed by atoms with Crippen LogP contribution in [0.3, 0.4) is 0 Å². The summed E-state index contributed by atoms with van der Waals surface area (Å²) in [4.78, 5) is 19.0. The van der Waals surface area contributed by atoms with E-state index < -0.39 is 0 Å². The molecule has 21 heavy (non-hydrogen) atoms. The van der Waals surface area contributed by atoms with Crippen LogP contribution in [0.5, 0.6) is 0 Å². The molecule has 0 spiro atoms. The van der Waals surface area contributed by atoms with E-state index in [1.54, 1.807) is 23.1 Å². The van der Waals surface area contributed by atoms with Gasteiger partial charge in [-0.3, -0.25) is 4.79 Å². The van der Waals surface area contributed by atoms with Crippen molar-refractivity contribution < 1.29 is 4.79 Å². The van der Waals surface area contributed by atoms with Gasteiger partial charge in [-0.15, -0.1) is 23.1 Å². The van der Waals surface area contributed by atoms with Crippen molar-refractivity contribution in [2.24, 2.45) is 5.92 Å². The summed E-state index contributed by atoms with van der Waals surface area (Å²) in [6, 6.07) is 9.97. The second-order valence-electron chi connectivity index (χ2n) is 5.39. The maximum absolute atomic E-state index is 12.0. The molecule has 0 unspecified atom stereocenters. The molecule has 0 aliphatic heterocycles. The van der Waals surface area contributed by atoms with Crippen molar-refractivity contribution in [3.8, 4) is 0 Å². The number of amides is 1. The van der Waals surface area contributed by atoms with Gasteiger partial charge in [0.2, 0.25) is 5.91 Å². The average molecular weight is 318 g/mol. The number of fused-ring (bicyclic) bond motifs is 1. The van der Waals surface area contributed by atoms with E-state index in [9.17, 15) is 4.79 Å². The normalized spacial score (nSPS) is 17.3. The van der Waals surface area contributed by atoms with E-state index in [2.05, 4.69) is 17.2 Å². The number of anilines is 1. The smallest absolute Gasteiger partial charge is 0.236 e. The molecule has 1 aromatic carbocycles. The van der Waals surface area contributed by atoms with Crippen LogP contribution in [0, 0.1) is 5.92 Å². The summed E-state index contributed by atoms with van der Waals surface area (Å²) < 4.78 is 0. The van der Waals surface area contributed by atoms with Crippen LogP contribution in [0.25, 0.3) is 0 Å². The van der Waals surface area contributed by atoms with E-state index in [1.165, 1.54) is 17.0 Å². The summed E-state index contributed by atoms with van der Waals surface area (Å²) >= 11 is 3.18. The van der Waals surface area contributed by atoms with Gasteiger partial charge in [0.25, 0.3) is 0 Å². The number of hydrogen-bond acceptors (Lipinski definition) is 4. The third-order valence-corrected chi connectivity index (χ3v) is 5.59. The molecular formula is C16H18N2OS2. The van der Waals surface area contributed by atoms with Crippen molar-refractivity contribution in [1.29, 1.82) is 0 Å². The Balaban J connectivity index is 1.55. The predicted octanol–water partition coefficient (Wildman–Crippen LogP) is 4.00. The second-order valence-corrected chi connectivity index (χ2v) is 7.52. The summed E-state index contributed by atoms with van der Waals surface area (Å²) in [6.07, 6.45) is 3.34. The lowest BCUT2D eigenvalue weighted by molar-refractivity contribution is -0.113. The lowest BCUT2D eigenvalue weighted by atomic mass is 9.93. The summed E-state index contributed by atoms with van der Waals surface area (Å²) in [7, 11) is 0. The molecule has 0 fully saturated rings. The SMILES string of the molecule is C[C@@H]1CCc2nc(NC(=O)CSc3ccccc3)sc2C1. The van der Waals surface area contributed by atoms with Gasteiger partial charge < -0.3 is 5.32 Å². The Labute approximate surface area is 133 Å². The first-order valence-corrected chi connectivity index (χ1v) is 8.97. The molecule has 1 atom stereocenters. The number of nitrogens with one attached hydrogen (secondary N) is 1. The molecule has 0 saturated carbocycles. The van der Waals surface area contributed by atoms with E-state index in [0.717, 1.165) is 28.8 Å². The molecule has 1 amide bonds. The molecule has 3 rings (SSSR count). The van der Waals surface area contributed by atoms with Gasteiger partial charge >= 0.3 is 0 Å². The minimum absolute atomic E-state index is 0.0167. The maximum atomic E-state index is 12.0. The Morgan fingerprint density at radius 3 is 3.05 bits per heavy atom. The first-order valence-electron chi connectivity index (χ1n) is 7.17. The number of nitrogens with zero attached hydrogens (tertiary/aromatic N) is 1. The third-order valence-electron chi connectivity index (χ3n) is 3.55. The lowest BCUT2D eigenvalue weighted by Gasteiger charge is -2.15. The standard InChI is InChI=1S/C16H18N2OS2/c1-11-7-8-13-14(9-11)21-16(17-13)18-15(19)10-20-12-5-3-2-4-6-12/h2-6,11H,7-10H2,1H3,(H,17,18,19)/t11-/m1/s1. The van der Waals surface area contributed by atoms with Crippen LogP contribution in [0.4, 0.5) is 5.13 Å². The Morgan fingerprint density at radius 1 is 1.43 bits per heavy atom. The number of thiazole rings is 1. The fourth-order valence-electron chi connectivity index (χ4n) is 2.41. The highest BCUT2D eigenvalue weighted by Crippen LogP contribution is 2.32. The molecule has 3 nitrogen and oxygen atoms in total. The molecule has 2 aromatic rings. The molecule has 0 bridgehead atoms. The predicted molar refractivity (Wildman–Crippen MR) is 89.1 cm³/mol. The zero-order valence-corrected chi connectivity index (χ0v) is 13.6. The minimum atomic E-state index is 0.0167. The summed E-state index contributed by atoms with van der Waals surface area (Å²) in [5, 5.41) is 3.69. The minimum Gasteiger partial charge on any atom is -0.301 e. The first-order chi connectivity index (χ1) is 10.2. The highest BCUT2D eigenvalue weighted by atomic mass is 32.2. The Kier molecular flexibility index (Phi) is 4.60.